The zero-order valence-electron chi connectivity index (χ0n) is 29.4. The fraction of sp³-hybridized carbons (Fsp3) is 0.333. The molecule has 1 N–H and O–H groups in total. The third kappa shape index (κ3) is 9.41. The summed E-state index contributed by atoms with van der Waals surface area (Å²) in [4.78, 5) is 30.2. The number of ether oxygens (including phenoxy) is 2. The third-order valence-electron chi connectivity index (χ3n) is 8.46. The molecule has 9 nitrogen and oxygen atoms in total. The van der Waals surface area contributed by atoms with Crippen LogP contribution in [-0.2, 0) is 32.6 Å². The number of nitrogens with one attached hydrogen (secondary N) is 1. The summed E-state index contributed by atoms with van der Waals surface area (Å²) in [5.41, 5.74) is 4.74. The van der Waals surface area contributed by atoms with Gasteiger partial charge in [-0.3, -0.25) is 13.9 Å². The van der Waals surface area contributed by atoms with Crippen LogP contribution in [0.5, 0.6) is 11.5 Å². The molecule has 260 valence electrons. The van der Waals surface area contributed by atoms with Gasteiger partial charge in [-0.1, -0.05) is 73.2 Å². The Morgan fingerprint density at radius 2 is 1.41 bits per heavy atom. The molecule has 49 heavy (non-hydrogen) atoms. The lowest BCUT2D eigenvalue weighted by Gasteiger charge is -2.34. The second-order valence-electron chi connectivity index (χ2n) is 12.4. The molecule has 0 heterocycles. The van der Waals surface area contributed by atoms with E-state index >= 15 is 0 Å². The van der Waals surface area contributed by atoms with Gasteiger partial charge in [-0.25, -0.2) is 8.42 Å². The zero-order valence-corrected chi connectivity index (χ0v) is 30.2. The van der Waals surface area contributed by atoms with Gasteiger partial charge >= 0.3 is 0 Å². The normalized spacial score (nSPS) is 12.5. The Balaban J connectivity index is 1.85. The van der Waals surface area contributed by atoms with Crippen LogP contribution in [-0.4, -0.2) is 58.0 Å². The molecule has 4 rings (SSSR count). The van der Waals surface area contributed by atoms with Crippen molar-refractivity contribution in [3.8, 4) is 11.5 Å². The van der Waals surface area contributed by atoms with Gasteiger partial charge in [0, 0.05) is 25.1 Å². The van der Waals surface area contributed by atoms with E-state index in [1.165, 1.54) is 37.3 Å². The second kappa shape index (κ2) is 16.5. The van der Waals surface area contributed by atoms with E-state index in [2.05, 4.69) is 5.32 Å². The SMILES string of the molecule is CC[C@H](C)NC(=O)[C@@H](Cc1ccccc1)N(Cc1ccc(C)cc1)C(=O)CN(c1cc(C)cc(C)c1)S(=O)(=O)c1ccc(OC)c(OC)c1. The van der Waals surface area contributed by atoms with Gasteiger partial charge in [0.25, 0.3) is 10.0 Å². The lowest BCUT2D eigenvalue weighted by molar-refractivity contribution is -0.140. The molecule has 0 aromatic heterocycles. The van der Waals surface area contributed by atoms with E-state index in [1.54, 1.807) is 12.1 Å². The molecular formula is C39H47N3O6S. The van der Waals surface area contributed by atoms with Gasteiger partial charge in [0.2, 0.25) is 11.8 Å². The van der Waals surface area contributed by atoms with Crippen LogP contribution in [0.1, 0.15) is 48.1 Å². The lowest BCUT2D eigenvalue weighted by atomic mass is 10.0. The predicted molar refractivity (Wildman–Crippen MR) is 194 cm³/mol. The molecule has 0 saturated carbocycles. The molecule has 0 fully saturated rings. The monoisotopic (exact) mass is 685 g/mol. The number of aryl methyl sites for hydroxylation is 3. The number of nitrogens with zero attached hydrogens (tertiary/aromatic N) is 2. The summed E-state index contributed by atoms with van der Waals surface area (Å²) in [5.74, 6) is -0.222. The van der Waals surface area contributed by atoms with Crippen LogP contribution in [0.2, 0.25) is 0 Å². The summed E-state index contributed by atoms with van der Waals surface area (Å²) >= 11 is 0. The van der Waals surface area contributed by atoms with Crippen molar-refractivity contribution in [2.45, 2.75) is 71.0 Å². The van der Waals surface area contributed by atoms with Crippen molar-refractivity contribution in [3.05, 3.63) is 119 Å². The second-order valence-corrected chi connectivity index (χ2v) is 14.3. The molecule has 0 aliphatic carbocycles. The van der Waals surface area contributed by atoms with Gasteiger partial charge in [0.1, 0.15) is 12.6 Å². The van der Waals surface area contributed by atoms with Crippen LogP contribution in [0.25, 0.3) is 0 Å². The average molecular weight is 686 g/mol. The van der Waals surface area contributed by atoms with E-state index in [-0.39, 0.29) is 35.6 Å². The number of amides is 2. The van der Waals surface area contributed by atoms with Crippen molar-refractivity contribution < 1.29 is 27.5 Å². The highest BCUT2D eigenvalue weighted by atomic mass is 32.2. The van der Waals surface area contributed by atoms with Crippen LogP contribution >= 0.6 is 0 Å². The molecule has 0 aliphatic heterocycles. The van der Waals surface area contributed by atoms with Gasteiger partial charge in [-0.05, 0) is 80.6 Å². The first-order valence-electron chi connectivity index (χ1n) is 16.4. The number of carbonyl (C=O) groups excluding carboxylic acids is 2. The van der Waals surface area contributed by atoms with E-state index in [9.17, 15) is 18.0 Å². The number of hydrogen-bond acceptors (Lipinski definition) is 6. The summed E-state index contributed by atoms with van der Waals surface area (Å²) in [7, 11) is -1.43. The van der Waals surface area contributed by atoms with Gasteiger partial charge in [0.05, 0.1) is 24.8 Å². The minimum Gasteiger partial charge on any atom is -0.493 e. The summed E-state index contributed by atoms with van der Waals surface area (Å²) < 4.78 is 40.9. The largest absolute Gasteiger partial charge is 0.493 e. The maximum absolute atomic E-state index is 14.8. The standard InChI is InChI=1S/C39H47N3O6S/c1-8-30(5)40-39(44)35(23-31-12-10-9-11-13-31)41(25-32-16-14-27(2)15-17-32)38(43)26-42(33-21-28(3)20-29(4)22-33)49(45,46)34-18-19-36(47-6)37(24-34)48-7/h9-22,24,30,35H,8,23,25-26H2,1-7H3,(H,40,44)/t30-,35+/m0/s1. The van der Waals surface area contributed by atoms with Gasteiger partial charge < -0.3 is 19.7 Å². The highest BCUT2D eigenvalue weighted by molar-refractivity contribution is 7.92. The Morgan fingerprint density at radius 3 is 2.00 bits per heavy atom. The van der Waals surface area contributed by atoms with Crippen molar-refractivity contribution in [1.82, 2.24) is 10.2 Å². The van der Waals surface area contributed by atoms with Crippen LogP contribution in [0.15, 0.2) is 95.9 Å². The van der Waals surface area contributed by atoms with Crippen LogP contribution in [0.4, 0.5) is 5.69 Å². The Bertz CT molecular complexity index is 1820. The number of rotatable bonds is 15. The van der Waals surface area contributed by atoms with Crippen LogP contribution in [0, 0.1) is 20.8 Å². The van der Waals surface area contributed by atoms with Crippen molar-refractivity contribution in [3.63, 3.8) is 0 Å². The Morgan fingerprint density at radius 1 is 0.776 bits per heavy atom. The van der Waals surface area contributed by atoms with Crippen molar-refractivity contribution in [1.29, 1.82) is 0 Å². The Kier molecular flexibility index (Phi) is 12.5. The topological polar surface area (TPSA) is 105 Å². The summed E-state index contributed by atoms with van der Waals surface area (Å²) in [6, 6.07) is 26.0. The molecule has 10 heteroatoms. The molecule has 0 radical (unpaired) electrons. The summed E-state index contributed by atoms with van der Waals surface area (Å²) in [6.07, 6.45) is 0.951. The Hall–Kier alpha value is -4.83. The van der Waals surface area contributed by atoms with E-state index in [4.69, 9.17) is 9.47 Å². The molecule has 0 spiro atoms. The number of anilines is 1. The number of hydrogen-bond donors (Lipinski definition) is 1. The molecule has 0 unspecified atom stereocenters. The van der Waals surface area contributed by atoms with Gasteiger partial charge in [-0.2, -0.15) is 0 Å². The molecular weight excluding hydrogens is 639 g/mol. The minimum atomic E-state index is -4.33. The maximum Gasteiger partial charge on any atom is 0.264 e. The van der Waals surface area contributed by atoms with E-state index in [0.29, 0.717) is 17.9 Å². The predicted octanol–water partition coefficient (Wildman–Crippen LogP) is 6.38. The molecule has 0 aliphatic rings. The van der Waals surface area contributed by atoms with Gasteiger partial charge in [0.15, 0.2) is 11.5 Å². The number of benzene rings is 4. The molecule has 2 atom stereocenters. The third-order valence-corrected chi connectivity index (χ3v) is 10.2. The smallest absolute Gasteiger partial charge is 0.264 e. The first kappa shape index (κ1) is 37.0. The average Bonchev–Trinajstić information content (AvgIpc) is 3.08. The fourth-order valence-corrected chi connectivity index (χ4v) is 7.03. The highest BCUT2D eigenvalue weighted by Gasteiger charge is 2.35. The van der Waals surface area contributed by atoms with Crippen molar-refractivity contribution >= 4 is 27.5 Å². The van der Waals surface area contributed by atoms with Crippen LogP contribution < -0.4 is 19.1 Å². The quantitative estimate of drug-likeness (QED) is 0.156. The fourth-order valence-electron chi connectivity index (χ4n) is 5.61. The van der Waals surface area contributed by atoms with Gasteiger partial charge in [-0.15, -0.1) is 0 Å². The van der Waals surface area contributed by atoms with Crippen molar-refractivity contribution in [2.75, 3.05) is 25.1 Å². The molecule has 2 amide bonds. The summed E-state index contributed by atoms with van der Waals surface area (Å²) in [5, 5.41) is 3.07. The highest BCUT2D eigenvalue weighted by Crippen LogP contribution is 2.33. The van der Waals surface area contributed by atoms with E-state index < -0.39 is 28.5 Å². The zero-order chi connectivity index (χ0) is 35.7. The van der Waals surface area contributed by atoms with E-state index in [1.807, 2.05) is 95.3 Å². The minimum absolute atomic E-state index is 0.0717. The first-order valence-corrected chi connectivity index (χ1v) is 17.8. The number of carbonyl (C=O) groups is 2. The van der Waals surface area contributed by atoms with Crippen LogP contribution in [0.3, 0.4) is 0 Å². The number of methoxy groups -OCH3 is 2. The summed E-state index contributed by atoms with van der Waals surface area (Å²) in [6.45, 7) is 9.17. The lowest BCUT2D eigenvalue weighted by Crippen LogP contribution is -2.54. The van der Waals surface area contributed by atoms with E-state index in [0.717, 1.165) is 32.1 Å². The molecule has 0 saturated heterocycles. The molecule has 4 aromatic carbocycles. The molecule has 0 bridgehead atoms. The Labute approximate surface area is 290 Å². The maximum atomic E-state index is 14.8. The number of sulfonamides is 1. The molecule has 4 aromatic rings. The van der Waals surface area contributed by atoms with Crippen molar-refractivity contribution in [2.24, 2.45) is 0 Å². The first-order chi connectivity index (χ1) is 23.4.